The average Bonchev–Trinajstić information content (AvgIpc) is 3.47. The van der Waals surface area contributed by atoms with Crippen LogP contribution in [0.1, 0.15) is 33.6 Å². The van der Waals surface area contributed by atoms with Crippen LogP contribution >= 0.6 is 23.4 Å². The van der Waals surface area contributed by atoms with Crippen molar-refractivity contribution in [3.63, 3.8) is 0 Å². The molecule has 1 N–H and O–H groups in total. The number of likely N-dealkylation sites (tertiary alicyclic amines) is 1. The van der Waals surface area contributed by atoms with Crippen LogP contribution in [0.15, 0.2) is 49.6 Å². The van der Waals surface area contributed by atoms with Crippen molar-refractivity contribution < 1.29 is 24.2 Å². The summed E-state index contributed by atoms with van der Waals surface area (Å²) in [7, 11) is 0. The second kappa shape index (κ2) is 11.4. The number of rotatable bonds is 11. The SMILES string of the molecule is C=CCCOC(=O)[C@@H]1[C@@H]2CC(C)C3(S2)C(C(=O)N(CC=C)c2ccccc2Cl)N([C@@H](CO)C(C)C)C(=O)[C@H]13. The molecule has 7 atom stereocenters. The Kier molecular flexibility index (Phi) is 8.65. The summed E-state index contributed by atoms with van der Waals surface area (Å²) in [5.74, 6) is -2.42. The van der Waals surface area contributed by atoms with Crippen molar-refractivity contribution in [2.24, 2.45) is 23.7 Å². The van der Waals surface area contributed by atoms with Gasteiger partial charge in [-0.05, 0) is 36.8 Å². The molecule has 0 aliphatic carbocycles. The number of anilines is 1. The molecular formula is C29H37ClN2O5S. The molecule has 0 saturated carbocycles. The summed E-state index contributed by atoms with van der Waals surface area (Å²) in [5, 5.41) is 10.7. The molecule has 7 nitrogen and oxygen atoms in total. The summed E-state index contributed by atoms with van der Waals surface area (Å²) in [6, 6.07) is 5.62. The van der Waals surface area contributed by atoms with Crippen LogP contribution in [0.5, 0.6) is 0 Å². The molecule has 206 valence electrons. The first kappa shape index (κ1) is 28.7. The normalized spacial score (nSPS) is 30.3. The molecular weight excluding hydrogens is 524 g/mol. The van der Waals surface area contributed by atoms with E-state index in [1.165, 1.54) is 0 Å². The predicted molar refractivity (Wildman–Crippen MR) is 151 cm³/mol. The topological polar surface area (TPSA) is 87.2 Å². The summed E-state index contributed by atoms with van der Waals surface area (Å²) in [6.07, 6.45) is 4.54. The van der Waals surface area contributed by atoms with Gasteiger partial charge in [-0.25, -0.2) is 0 Å². The van der Waals surface area contributed by atoms with Gasteiger partial charge in [-0.1, -0.05) is 56.7 Å². The zero-order chi connectivity index (χ0) is 27.8. The highest BCUT2D eigenvalue weighted by Gasteiger charge is 2.77. The maximum absolute atomic E-state index is 14.6. The van der Waals surface area contributed by atoms with E-state index in [1.54, 1.807) is 51.9 Å². The molecule has 3 aliphatic heterocycles. The van der Waals surface area contributed by atoms with Crippen LogP contribution < -0.4 is 4.90 Å². The number of carbonyl (C=O) groups is 3. The molecule has 0 radical (unpaired) electrons. The summed E-state index contributed by atoms with van der Waals surface area (Å²) >= 11 is 8.11. The van der Waals surface area contributed by atoms with E-state index in [-0.39, 0.29) is 48.7 Å². The number of halogens is 1. The van der Waals surface area contributed by atoms with E-state index in [2.05, 4.69) is 20.1 Å². The molecule has 3 unspecified atom stereocenters. The van der Waals surface area contributed by atoms with Crippen LogP contribution in [0.4, 0.5) is 5.69 Å². The van der Waals surface area contributed by atoms with E-state index < -0.39 is 34.6 Å². The molecule has 1 aromatic carbocycles. The number of carbonyl (C=O) groups excluding carboxylic acids is 3. The standard InChI is InChI=1S/C29H37ClN2O5S/c1-6-8-14-37-28(36)23-22-15-18(5)29(38-22)24(23)26(34)32(21(16-33)17(3)4)25(29)27(35)31(13-7-2)20-12-10-9-11-19(20)30/h6-7,9-12,17-18,21-25,33H,1-2,8,13-16H2,3-5H3/t18?,21-,22-,23+,24-,25?,29?/m0/s1. The Balaban J connectivity index is 1.84. The molecule has 1 aromatic rings. The molecule has 9 heteroatoms. The largest absolute Gasteiger partial charge is 0.465 e. The van der Waals surface area contributed by atoms with Crippen LogP contribution in [0.3, 0.4) is 0 Å². The second-order valence-corrected chi connectivity index (χ2v) is 12.7. The summed E-state index contributed by atoms with van der Waals surface area (Å²) in [4.78, 5) is 45.5. The van der Waals surface area contributed by atoms with Crippen molar-refractivity contribution in [1.29, 1.82) is 0 Å². The number of fused-ring (bicyclic) bond motifs is 1. The molecule has 0 aromatic heterocycles. The van der Waals surface area contributed by atoms with Gasteiger partial charge in [0.05, 0.1) is 46.5 Å². The van der Waals surface area contributed by atoms with Crippen molar-refractivity contribution in [2.75, 3.05) is 24.7 Å². The van der Waals surface area contributed by atoms with E-state index in [0.29, 0.717) is 23.6 Å². The van der Waals surface area contributed by atoms with Gasteiger partial charge in [0.2, 0.25) is 5.91 Å². The van der Waals surface area contributed by atoms with Gasteiger partial charge in [-0.15, -0.1) is 24.9 Å². The second-order valence-electron chi connectivity index (χ2n) is 10.7. The number of para-hydroxylation sites is 1. The third-order valence-corrected chi connectivity index (χ3v) is 10.7. The van der Waals surface area contributed by atoms with E-state index >= 15 is 0 Å². The van der Waals surface area contributed by atoms with Crippen molar-refractivity contribution in [3.05, 3.63) is 54.6 Å². The van der Waals surface area contributed by atoms with Crippen LogP contribution in [0.2, 0.25) is 5.02 Å². The maximum atomic E-state index is 14.6. The fourth-order valence-electron chi connectivity index (χ4n) is 6.58. The number of benzene rings is 1. The number of ether oxygens (including phenoxy) is 1. The van der Waals surface area contributed by atoms with Gasteiger partial charge in [0.15, 0.2) is 0 Å². The zero-order valence-electron chi connectivity index (χ0n) is 22.2. The predicted octanol–water partition coefficient (Wildman–Crippen LogP) is 4.33. The molecule has 1 spiro atoms. The lowest BCUT2D eigenvalue weighted by molar-refractivity contribution is -0.155. The van der Waals surface area contributed by atoms with Crippen molar-refractivity contribution in [1.82, 2.24) is 4.90 Å². The Labute approximate surface area is 234 Å². The molecule has 2 bridgehead atoms. The smallest absolute Gasteiger partial charge is 0.310 e. The van der Waals surface area contributed by atoms with Crippen LogP contribution in [-0.2, 0) is 19.1 Å². The van der Waals surface area contributed by atoms with Gasteiger partial charge in [0.25, 0.3) is 5.91 Å². The van der Waals surface area contributed by atoms with Gasteiger partial charge in [0, 0.05) is 11.8 Å². The van der Waals surface area contributed by atoms with Crippen molar-refractivity contribution >= 4 is 46.8 Å². The fraction of sp³-hybridized carbons (Fsp3) is 0.552. The third kappa shape index (κ3) is 4.48. The minimum absolute atomic E-state index is 0.00837. The van der Waals surface area contributed by atoms with Gasteiger partial charge < -0.3 is 19.6 Å². The van der Waals surface area contributed by atoms with E-state index in [4.69, 9.17) is 16.3 Å². The third-order valence-electron chi connectivity index (χ3n) is 8.29. The van der Waals surface area contributed by atoms with Crippen LogP contribution in [-0.4, -0.2) is 69.6 Å². The van der Waals surface area contributed by atoms with E-state index in [0.717, 1.165) is 0 Å². The highest BCUT2D eigenvalue weighted by Crippen LogP contribution is 2.69. The number of thioether (sulfide) groups is 1. The number of hydrogen-bond acceptors (Lipinski definition) is 6. The highest BCUT2D eigenvalue weighted by molar-refractivity contribution is 8.02. The van der Waals surface area contributed by atoms with Crippen molar-refractivity contribution in [3.8, 4) is 0 Å². The minimum atomic E-state index is -0.883. The molecule has 3 aliphatic rings. The fourth-order valence-corrected chi connectivity index (χ4v) is 9.21. The van der Waals surface area contributed by atoms with Crippen molar-refractivity contribution in [2.45, 2.75) is 55.7 Å². The Morgan fingerprint density at radius 3 is 2.63 bits per heavy atom. The number of amides is 2. The van der Waals surface area contributed by atoms with E-state index in [9.17, 15) is 19.5 Å². The Hall–Kier alpha value is -2.29. The summed E-state index contributed by atoms with van der Waals surface area (Å²) in [6.45, 7) is 13.5. The van der Waals surface area contributed by atoms with Gasteiger partial charge >= 0.3 is 5.97 Å². The lowest BCUT2D eigenvalue weighted by atomic mass is 9.66. The number of aliphatic hydroxyl groups excluding tert-OH is 1. The lowest BCUT2D eigenvalue weighted by Gasteiger charge is -2.42. The number of aliphatic hydroxyl groups is 1. The lowest BCUT2D eigenvalue weighted by Crippen LogP contribution is -2.60. The summed E-state index contributed by atoms with van der Waals surface area (Å²) < 4.78 is 4.74. The molecule has 2 amide bonds. The quantitative estimate of drug-likeness (QED) is 0.246. The number of nitrogens with zero attached hydrogens (tertiary/aromatic N) is 2. The monoisotopic (exact) mass is 560 g/mol. The Bertz CT molecular complexity index is 1110. The number of hydrogen-bond donors (Lipinski definition) is 1. The maximum Gasteiger partial charge on any atom is 0.310 e. The van der Waals surface area contributed by atoms with Gasteiger partial charge in [-0.2, -0.15) is 0 Å². The van der Waals surface area contributed by atoms with Crippen LogP contribution in [0, 0.1) is 23.7 Å². The molecule has 3 saturated heterocycles. The first-order chi connectivity index (χ1) is 18.1. The average molecular weight is 561 g/mol. The van der Waals surface area contributed by atoms with Gasteiger partial charge in [0.1, 0.15) is 6.04 Å². The molecule has 3 heterocycles. The molecule has 4 rings (SSSR count). The first-order valence-electron chi connectivity index (χ1n) is 13.2. The summed E-state index contributed by atoms with van der Waals surface area (Å²) in [5.41, 5.74) is 0.530. The molecule has 3 fully saturated rings. The Morgan fingerprint density at radius 2 is 2.03 bits per heavy atom. The molecule has 38 heavy (non-hydrogen) atoms. The minimum Gasteiger partial charge on any atom is -0.465 e. The Morgan fingerprint density at radius 1 is 1.32 bits per heavy atom. The highest BCUT2D eigenvalue weighted by atomic mass is 35.5. The van der Waals surface area contributed by atoms with E-state index in [1.807, 2.05) is 19.9 Å². The number of esters is 1. The van der Waals surface area contributed by atoms with Crippen LogP contribution in [0.25, 0.3) is 0 Å². The van der Waals surface area contributed by atoms with Gasteiger partial charge in [-0.3, -0.25) is 14.4 Å². The zero-order valence-corrected chi connectivity index (χ0v) is 23.8. The first-order valence-corrected chi connectivity index (χ1v) is 14.5.